The normalized spacial score (nSPS) is 10.6. The van der Waals surface area contributed by atoms with Crippen molar-refractivity contribution in [2.75, 3.05) is 5.32 Å². The second-order valence-electron chi connectivity index (χ2n) is 6.89. The van der Waals surface area contributed by atoms with Crippen LogP contribution in [0.5, 0.6) is 5.75 Å². The van der Waals surface area contributed by atoms with Crippen LogP contribution in [0.2, 0.25) is 5.02 Å². The molecule has 0 bridgehead atoms. The van der Waals surface area contributed by atoms with E-state index < -0.39 is 0 Å². The number of anilines is 1. The van der Waals surface area contributed by atoms with Gasteiger partial charge in [0, 0.05) is 28.4 Å². The van der Waals surface area contributed by atoms with Gasteiger partial charge in [-0.1, -0.05) is 48.0 Å². The standard InChI is InChI=1S/C24H19ClFN3O2/c25-20-5-3-6-21(14-20)31-16-17-8-10-18(11-9-17)24(30)27-23-12-13-29(28-23)15-19-4-1-2-7-22(19)26/h1-14H,15-16H2,(H,27,28,30). The molecule has 3 aromatic carbocycles. The van der Waals surface area contributed by atoms with Gasteiger partial charge in [0.25, 0.3) is 5.91 Å². The lowest BCUT2D eigenvalue weighted by molar-refractivity contribution is 0.102. The molecule has 0 aliphatic carbocycles. The van der Waals surface area contributed by atoms with Crippen LogP contribution in [0.1, 0.15) is 21.5 Å². The van der Waals surface area contributed by atoms with Crippen molar-refractivity contribution >= 4 is 23.3 Å². The van der Waals surface area contributed by atoms with Crippen LogP contribution in [0.3, 0.4) is 0 Å². The van der Waals surface area contributed by atoms with Gasteiger partial charge >= 0.3 is 0 Å². The molecular weight excluding hydrogens is 417 g/mol. The molecule has 4 aromatic rings. The van der Waals surface area contributed by atoms with Gasteiger partial charge in [0.2, 0.25) is 0 Å². The summed E-state index contributed by atoms with van der Waals surface area (Å²) in [6.45, 7) is 0.645. The molecule has 5 nitrogen and oxygen atoms in total. The SMILES string of the molecule is O=C(Nc1ccn(Cc2ccccc2F)n1)c1ccc(COc2cccc(Cl)c2)cc1. The van der Waals surface area contributed by atoms with E-state index in [4.69, 9.17) is 16.3 Å². The number of aromatic nitrogens is 2. The number of nitrogens with one attached hydrogen (secondary N) is 1. The number of nitrogens with zero attached hydrogens (tertiary/aromatic N) is 2. The fourth-order valence-corrected chi connectivity index (χ4v) is 3.16. The average Bonchev–Trinajstić information content (AvgIpc) is 3.21. The third kappa shape index (κ3) is 5.49. The number of ether oxygens (including phenoxy) is 1. The summed E-state index contributed by atoms with van der Waals surface area (Å²) < 4.78 is 21.1. The van der Waals surface area contributed by atoms with Crippen LogP contribution < -0.4 is 10.1 Å². The van der Waals surface area contributed by atoms with Crippen LogP contribution in [0, 0.1) is 5.82 Å². The molecule has 0 atom stereocenters. The summed E-state index contributed by atoms with van der Waals surface area (Å²) in [5, 5.41) is 7.65. The minimum absolute atomic E-state index is 0.279. The predicted molar refractivity (Wildman–Crippen MR) is 118 cm³/mol. The summed E-state index contributed by atoms with van der Waals surface area (Å²) in [7, 11) is 0. The molecule has 0 radical (unpaired) electrons. The van der Waals surface area contributed by atoms with E-state index in [-0.39, 0.29) is 18.3 Å². The van der Waals surface area contributed by atoms with Crippen LogP contribution in [0.15, 0.2) is 85.1 Å². The van der Waals surface area contributed by atoms with Crippen molar-refractivity contribution in [1.82, 2.24) is 9.78 Å². The second kappa shape index (κ2) is 9.45. The molecule has 0 saturated heterocycles. The van der Waals surface area contributed by atoms with E-state index >= 15 is 0 Å². The van der Waals surface area contributed by atoms with E-state index in [9.17, 15) is 9.18 Å². The van der Waals surface area contributed by atoms with Gasteiger partial charge in [0.05, 0.1) is 6.54 Å². The lowest BCUT2D eigenvalue weighted by atomic mass is 10.1. The molecule has 0 aliphatic rings. The second-order valence-corrected chi connectivity index (χ2v) is 7.32. The Morgan fingerprint density at radius 2 is 1.84 bits per heavy atom. The van der Waals surface area contributed by atoms with Gasteiger partial charge < -0.3 is 10.1 Å². The molecule has 0 saturated carbocycles. The highest BCUT2D eigenvalue weighted by Crippen LogP contribution is 2.19. The molecule has 0 spiro atoms. The Kier molecular flexibility index (Phi) is 6.29. The Morgan fingerprint density at radius 3 is 2.61 bits per heavy atom. The van der Waals surface area contributed by atoms with Gasteiger partial charge in [-0.2, -0.15) is 5.10 Å². The van der Waals surface area contributed by atoms with Gasteiger partial charge in [-0.15, -0.1) is 0 Å². The number of rotatable bonds is 7. The maximum atomic E-state index is 13.8. The summed E-state index contributed by atoms with van der Waals surface area (Å²) in [4.78, 5) is 12.5. The number of hydrogen-bond acceptors (Lipinski definition) is 3. The first-order valence-corrected chi connectivity index (χ1v) is 10.0. The first-order valence-electron chi connectivity index (χ1n) is 9.62. The smallest absolute Gasteiger partial charge is 0.256 e. The molecule has 0 fully saturated rings. The molecule has 1 aromatic heterocycles. The van der Waals surface area contributed by atoms with Gasteiger partial charge in [-0.05, 0) is 42.0 Å². The quantitative estimate of drug-likeness (QED) is 0.413. The van der Waals surface area contributed by atoms with Gasteiger partial charge in [0.1, 0.15) is 18.2 Å². The average molecular weight is 436 g/mol. The van der Waals surface area contributed by atoms with Gasteiger partial charge in [-0.3, -0.25) is 9.48 Å². The topological polar surface area (TPSA) is 56.2 Å². The highest BCUT2D eigenvalue weighted by Gasteiger charge is 2.09. The fraction of sp³-hybridized carbons (Fsp3) is 0.0833. The molecule has 156 valence electrons. The zero-order valence-corrected chi connectivity index (χ0v) is 17.2. The number of carbonyl (C=O) groups excluding carboxylic acids is 1. The Hall–Kier alpha value is -3.64. The maximum absolute atomic E-state index is 13.8. The molecule has 7 heteroatoms. The molecule has 1 N–H and O–H groups in total. The summed E-state index contributed by atoms with van der Waals surface area (Å²) in [5.74, 6) is 0.511. The van der Waals surface area contributed by atoms with E-state index in [1.54, 1.807) is 59.4 Å². The van der Waals surface area contributed by atoms with Crippen molar-refractivity contribution in [2.24, 2.45) is 0 Å². The summed E-state index contributed by atoms with van der Waals surface area (Å²) in [6, 6.07) is 22.5. The molecule has 0 aliphatic heterocycles. The largest absolute Gasteiger partial charge is 0.489 e. The molecule has 1 amide bonds. The summed E-state index contributed by atoms with van der Waals surface area (Å²) in [5.41, 5.74) is 1.94. The monoisotopic (exact) mass is 435 g/mol. The number of benzene rings is 3. The van der Waals surface area contributed by atoms with Crippen molar-refractivity contribution < 1.29 is 13.9 Å². The fourth-order valence-electron chi connectivity index (χ4n) is 2.98. The highest BCUT2D eigenvalue weighted by atomic mass is 35.5. The van der Waals surface area contributed by atoms with Crippen LogP contribution in [0.4, 0.5) is 10.2 Å². The number of hydrogen-bond donors (Lipinski definition) is 1. The Morgan fingerprint density at radius 1 is 1.03 bits per heavy atom. The first kappa shape index (κ1) is 20.6. The van der Waals surface area contributed by atoms with Crippen LogP contribution in [-0.4, -0.2) is 15.7 Å². The van der Waals surface area contributed by atoms with Crippen molar-refractivity contribution in [1.29, 1.82) is 0 Å². The van der Waals surface area contributed by atoms with Crippen molar-refractivity contribution in [3.8, 4) is 5.75 Å². The minimum atomic E-state index is -0.289. The van der Waals surface area contributed by atoms with Crippen molar-refractivity contribution in [2.45, 2.75) is 13.2 Å². The van der Waals surface area contributed by atoms with Gasteiger partial charge in [0.15, 0.2) is 5.82 Å². The van der Waals surface area contributed by atoms with Crippen molar-refractivity contribution in [3.63, 3.8) is 0 Å². The molecule has 1 heterocycles. The predicted octanol–water partition coefficient (Wildman–Crippen LogP) is 5.56. The van der Waals surface area contributed by atoms with E-state index in [0.717, 1.165) is 5.56 Å². The van der Waals surface area contributed by atoms with Gasteiger partial charge in [-0.25, -0.2) is 4.39 Å². The van der Waals surface area contributed by atoms with Crippen molar-refractivity contribution in [3.05, 3.63) is 113 Å². The third-order valence-electron chi connectivity index (χ3n) is 4.59. The zero-order valence-electron chi connectivity index (χ0n) is 16.5. The summed E-state index contributed by atoms with van der Waals surface area (Å²) in [6.07, 6.45) is 1.69. The zero-order chi connectivity index (χ0) is 21.6. The van der Waals surface area contributed by atoms with E-state index in [0.29, 0.717) is 34.3 Å². The minimum Gasteiger partial charge on any atom is -0.489 e. The Labute approximate surface area is 184 Å². The van der Waals surface area contributed by atoms with Crippen LogP contribution >= 0.6 is 11.6 Å². The van der Waals surface area contributed by atoms with E-state index in [1.165, 1.54) is 6.07 Å². The molecule has 31 heavy (non-hydrogen) atoms. The molecule has 4 rings (SSSR count). The molecular formula is C24H19ClFN3O2. The lowest BCUT2D eigenvalue weighted by Crippen LogP contribution is -2.13. The lowest BCUT2D eigenvalue weighted by Gasteiger charge is -2.08. The number of halogens is 2. The Balaban J connectivity index is 1.33. The van der Waals surface area contributed by atoms with E-state index in [2.05, 4.69) is 10.4 Å². The number of amides is 1. The Bertz CT molecular complexity index is 1190. The molecule has 0 unspecified atom stereocenters. The maximum Gasteiger partial charge on any atom is 0.256 e. The summed E-state index contributed by atoms with van der Waals surface area (Å²) >= 11 is 5.95. The number of carbonyl (C=O) groups is 1. The van der Waals surface area contributed by atoms with Crippen LogP contribution in [-0.2, 0) is 13.2 Å². The third-order valence-corrected chi connectivity index (χ3v) is 4.83. The van der Waals surface area contributed by atoms with Crippen LogP contribution in [0.25, 0.3) is 0 Å². The van der Waals surface area contributed by atoms with E-state index in [1.807, 2.05) is 24.3 Å². The highest BCUT2D eigenvalue weighted by molar-refractivity contribution is 6.30. The first-order chi connectivity index (χ1) is 15.1.